The van der Waals surface area contributed by atoms with Crippen LogP contribution in [0.3, 0.4) is 0 Å². The number of nitrogens with zero attached hydrogens (tertiary/aromatic N) is 2. The Morgan fingerprint density at radius 1 is 1.03 bits per heavy atom. The zero-order chi connectivity index (χ0) is 22.5. The molecule has 0 unspecified atom stereocenters. The molecule has 3 aromatic rings. The van der Waals surface area contributed by atoms with E-state index in [1.807, 2.05) is 37.3 Å². The minimum atomic E-state index is -3.65. The minimum absolute atomic E-state index is 0.107. The van der Waals surface area contributed by atoms with Gasteiger partial charge in [-0.05, 0) is 48.9 Å². The van der Waals surface area contributed by atoms with Crippen molar-refractivity contribution in [1.29, 1.82) is 0 Å². The number of amides is 1. The highest BCUT2D eigenvalue weighted by atomic mass is 35.5. The molecule has 166 valence electrons. The summed E-state index contributed by atoms with van der Waals surface area (Å²) in [6.07, 6.45) is 0.725. The van der Waals surface area contributed by atoms with Crippen molar-refractivity contribution in [3.8, 4) is 0 Å². The van der Waals surface area contributed by atoms with Gasteiger partial charge in [0.25, 0.3) is 0 Å². The maximum Gasteiger partial charge on any atom is 0.414 e. The Balaban J connectivity index is 1.38. The van der Waals surface area contributed by atoms with Gasteiger partial charge in [0.05, 0.1) is 10.6 Å². The molecule has 0 saturated carbocycles. The first kappa shape index (κ1) is 21.2. The average molecular weight is 471 g/mol. The van der Waals surface area contributed by atoms with Gasteiger partial charge in [-0.25, -0.2) is 13.2 Å². The number of halogens is 1. The standard InChI is InChI=1S/C24H23ClN2O4S/c1-16-4-2-6-18-15-31-24(28)27(23(16)18)19-10-12-26(13-11-19)32(29,30)20-8-9-21-17(14-20)5-3-7-22(21)25/h2-9,14,19H,10-13,15H2,1H3. The van der Waals surface area contributed by atoms with Crippen LogP contribution < -0.4 is 4.90 Å². The summed E-state index contributed by atoms with van der Waals surface area (Å²) in [6, 6.07) is 16.3. The minimum Gasteiger partial charge on any atom is -0.444 e. The van der Waals surface area contributed by atoms with Gasteiger partial charge in [-0.15, -0.1) is 0 Å². The van der Waals surface area contributed by atoms with Gasteiger partial charge in [0.2, 0.25) is 10.0 Å². The second-order valence-electron chi connectivity index (χ2n) is 8.27. The summed E-state index contributed by atoms with van der Waals surface area (Å²) >= 11 is 6.22. The number of sulfonamides is 1. The van der Waals surface area contributed by atoms with Crippen LogP contribution in [0.4, 0.5) is 10.5 Å². The van der Waals surface area contributed by atoms with Crippen molar-refractivity contribution in [3.05, 3.63) is 70.7 Å². The van der Waals surface area contributed by atoms with Crippen LogP contribution in [0.15, 0.2) is 59.5 Å². The number of rotatable bonds is 3. The van der Waals surface area contributed by atoms with Crippen molar-refractivity contribution in [3.63, 3.8) is 0 Å². The fourth-order valence-electron chi connectivity index (χ4n) is 4.69. The van der Waals surface area contributed by atoms with E-state index < -0.39 is 10.0 Å². The first-order valence-electron chi connectivity index (χ1n) is 10.6. The topological polar surface area (TPSA) is 66.9 Å². The molecule has 0 bridgehead atoms. The summed E-state index contributed by atoms with van der Waals surface area (Å²) in [5, 5.41) is 2.21. The van der Waals surface area contributed by atoms with Crippen LogP contribution in [0.5, 0.6) is 0 Å². The number of hydrogen-bond donors (Lipinski definition) is 0. The highest BCUT2D eigenvalue weighted by molar-refractivity contribution is 7.89. The first-order chi connectivity index (χ1) is 15.4. The molecule has 6 nitrogen and oxygen atoms in total. The normalized spacial score (nSPS) is 17.9. The van der Waals surface area contributed by atoms with Gasteiger partial charge in [0.1, 0.15) is 6.61 Å². The molecule has 1 fully saturated rings. The van der Waals surface area contributed by atoms with Gasteiger partial charge in [0.15, 0.2) is 0 Å². The lowest BCUT2D eigenvalue weighted by Crippen LogP contribution is -2.50. The summed E-state index contributed by atoms with van der Waals surface area (Å²) in [5.41, 5.74) is 2.90. The van der Waals surface area contributed by atoms with Crippen molar-refractivity contribution in [1.82, 2.24) is 4.31 Å². The molecule has 0 spiro atoms. The molecule has 3 aromatic carbocycles. The quantitative estimate of drug-likeness (QED) is 0.533. The SMILES string of the molecule is Cc1cccc2c1N(C1CCN(S(=O)(=O)c3ccc4c(Cl)cccc4c3)CC1)C(=O)OC2. The van der Waals surface area contributed by atoms with Crippen LogP contribution in [0.2, 0.25) is 5.02 Å². The van der Waals surface area contributed by atoms with Crippen LogP contribution >= 0.6 is 11.6 Å². The number of anilines is 1. The Morgan fingerprint density at radius 3 is 2.56 bits per heavy atom. The monoisotopic (exact) mass is 470 g/mol. The molecule has 0 radical (unpaired) electrons. The van der Waals surface area contributed by atoms with E-state index in [1.165, 1.54) is 4.31 Å². The van der Waals surface area contributed by atoms with Crippen molar-refractivity contribution in [2.75, 3.05) is 18.0 Å². The molecule has 0 N–H and O–H groups in total. The van der Waals surface area contributed by atoms with Crippen molar-refractivity contribution in [2.45, 2.75) is 37.3 Å². The fraction of sp³-hybridized carbons (Fsp3) is 0.292. The lowest BCUT2D eigenvalue weighted by molar-refractivity contribution is 0.135. The number of hydrogen-bond acceptors (Lipinski definition) is 4. The van der Waals surface area contributed by atoms with Gasteiger partial charge >= 0.3 is 6.09 Å². The Labute approximate surface area is 192 Å². The van der Waals surface area contributed by atoms with Crippen LogP contribution in [-0.2, 0) is 21.4 Å². The maximum absolute atomic E-state index is 13.3. The van der Waals surface area contributed by atoms with Gasteiger partial charge in [-0.2, -0.15) is 4.31 Å². The molecule has 32 heavy (non-hydrogen) atoms. The summed E-state index contributed by atoms with van der Waals surface area (Å²) in [5.74, 6) is 0. The van der Waals surface area contributed by atoms with E-state index in [0.717, 1.165) is 27.6 Å². The van der Waals surface area contributed by atoms with E-state index >= 15 is 0 Å². The van der Waals surface area contributed by atoms with Crippen LogP contribution in [0.1, 0.15) is 24.0 Å². The molecule has 1 amide bonds. The molecule has 2 aliphatic rings. The predicted molar refractivity (Wildman–Crippen MR) is 125 cm³/mol. The third-order valence-corrected chi connectivity index (χ3v) is 8.56. The van der Waals surface area contributed by atoms with Crippen molar-refractivity contribution >= 4 is 44.2 Å². The molecule has 0 aromatic heterocycles. The fourth-order valence-corrected chi connectivity index (χ4v) is 6.44. The number of piperidine rings is 1. The third kappa shape index (κ3) is 3.54. The second kappa shape index (κ2) is 8.06. The number of ether oxygens (including phenoxy) is 1. The summed E-state index contributed by atoms with van der Waals surface area (Å²) in [7, 11) is -3.65. The lowest BCUT2D eigenvalue weighted by atomic mass is 10.00. The average Bonchev–Trinajstić information content (AvgIpc) is 2.79. The van der Waals surface area contributed by atoms with E-state index in [2.05, 4.69) is 0 Å². The molecule has 8 heteroatoms. The van der Waals surface area contributed by atoms with Crippen molar-refractivity contribution in [2.24, 2.45) is 0 Å². The number of benzene rings is 3. The summed E-state index contributed by atoms with van der Waals surface area (Å²) < 4.78 is 33.5. The number of carbonyl (C=O) groups is 1. The Hall–Kier alpha value is -2.61. The predicted octanol–water partition coefficient (Wildman–Crippen LogP) is 5.11. The van der Waals surface area contributed by atoms with Crippen LogP contribution in [0, 0.1) is 6.92 Å². The highest BCUT2D eigenvalue weighted by Gasteiger charge is 2.37. The molecule has 1 saturated heterocycles. The summed E-state index contributed by atoms with van der Waals surface area (Å²) in [6.45, 7) is 2.93. The van der Waals surface area contributed by atoms with E-state index in [9.17, 15) is 13.2 Å². The molecular formula is C24H23ClN2O4S. The van der Waals surface area contributed by atoms with E-state index in [-0.39, 0.29) is 23.6 Å². The Bertz CT molecular complexity index is 1320. The van der Waals surface area contributed by atoms with Gasteiger partial charge < -0.3 is 4.74 Å². The Kier molecular flexibility index (Phi) is 5.35. The van der Waals surface area contributed by atoms with Crippen molar-refractivity contribution < 1.29 is 17.9 Å². The smallest absolute Gasteiger partial charge is 0.414 e. The number of cyclic esters (lactones) is 1. The van der Waals surface area contributed by atoms with Crippen LogP contribution in [-0.4, -0.2) is 37.9 Å². The van der Waals surface area contributed by atoms with Gasteiger partial charge in [-0.3, -0.25) is 4.90 Å². The maximum atomic E-state index is 13.3. The zero-order valence-corrected chi connectivity index (χ0v) is 19.2. The largest absolute Gasteiger partial charge is 0.444 e. The third-order valence-electron chi connectivity index (χ3n) is 6.34. The highest BCUT2D eigenvalue weighted by Crippen LogP contribution is 2.35. The molecule has 5 rings (SSSR count). The molecule has 2 aliphatic heterocycles. The number of fused-ring (bicyclic) bond motifs is 2. The molecule has 0 aliphatic carbocycles. The Morgan fingerprint density at radius 2 is 1.78 bits per heavy atom. The summed E-state index contributed by atoms with van der Waals surface area (Å²) in [4.78, 5) is 14.6. The number of para-hydroxylation sites is 1. The van der Waals surface area contributed by atoms with E-state index in [4.69, 9.17) is 16.3 Å². The second-order valence-corrected chi connectivity index (χ2v) is 10.6. The number of carbonyl (C=O) groups excluding carboxylic acids is 1. The molecular weight excluding hydrogens is 448 g/mol. The van der Waals surface area contributed by atoms with E-state index in [0.29, 0.717) is 31.0 Å². The number of aryl methyl sites for hydroxylation is 1. The molecule has 0 atom stereocenters. The molecule has 2 heterocycles. The van der Waals surface area contributed by atoms with Gasteiger partial charge in [-0.1, -0.05) is 48.0 Å². The van der Waals surface area contributed by atoms with Crippen LogP contribution in [0.25, 0.3) is 10.8 Å². The zero-order valence-electron chi connectivity index (χ0n) is 17.6. The van der Waals surface area contributed by atoms with E-state index in [1.54, 1.807) is 29.2 Å². The first-order valence-corrected chi connectivity index (χ1v) is 12.4. The lowest BCUT2D eigenvalue weighted by Gasteiger charge is -2.40. The van der Waals surface area contributed by atoms with Gasteiger partial charge in [0, 0.05) is 35.1 Å².